The van der Waals surface area contributed by atoms with Crippen molar-refractivity contribution in [1.29, 1.82) is 0 Å². The topological polar surface area (TPSA) is 111 Å². The molecule has 3 aromatic rings. The minimum Gasteiger partial charge on any atom is -0.497 e. The molecule has 1 saturated heterocycles. The fraction of sp³-hybridized carbons (Fsp3) is 0.393. The number of rotatable bonds is 10. The highest BCUT2D eigenvalue weighted by molar-refractivity contribution is 7.09. The average Bonchev–Trinajstić information content (AvgIpc) is 3.57. The van der Waals surface area contributed by atoms with E-state index < -0.39 is 6.04 Å². The molecule has 2 aromatic carbocycles. The van der Waals surface area contributed by atoms with Crippen LogP contribution in [0.2, 0.25) is 0 Å². The fourth-order valence-electron chi connectivity index (χ4n) is 4.68. The van der Waals surface area contributed by atoms with E-state index in [9.17, 15) is 9.59 Å². The van der Waals surface area contributed by atoms with Crippen molar-refractivity contribution in [3.63, 3.8) is 0 Å². The minimum absolute atomic E-state index is 0.139. The molecule has 0 radical (unpaired) electrons. The van der Waals surface area contributed by atoms with Gasteiger partial charge in [0.1, 0.15) is 28.2 Å². The van der Waals surface area contributed by atoms with Crippen molar-refractivity contribution in [3.8, 4) is 23.0 Å². The predicted octanol–water partition coefficient (Wildman–Crippen LogP) is 3.49. The van der Waals surface area contributed by atoms with Gasteiger partial charge in [0.05, 0.1) is 20.8 Å². The summed E-state index contributed by atoms with van der Waals surface area (Å²) in [5.74, 6) is 2.44. The first-order chi connectivity index (χ1) is 19.0. The predicted molar refractivity (Wildman–Crippen MR) is 145 cm³/mol. The summed E-state index contributed by atoms with van der Waals surface area (Å²) in [6.45, 7) is 2.55. The standard InChI is InChI=1S/C28H32N4O6S/c1-35-20-8-7-19(24(12-20)36-2)14-32(13-18-6-9-23-25(11-18)38-17-37-23)15-26-30-22(16-39-26)28(34)31-21-5-3-4-10-29-27(21)33/h6-9,11-12,16,21H,3-5,10,13-15,17H2,1-2H3,(H,29,33)(H,31,34). The first-order valence-electron chi connectivity index (χ1n) is 12.9. The summed E-state index contributed by atoms with van der Waals surface area (Å²) in [5.41, 5.74) is 2.37. The van der Waals surface area contributed by atoms with Gasteiger partial charge >= 0.3 is 0 Å². The second-order valence-corrected chi connectivity index (χ2v) is 10.4. The number of aromatic nitrogens is 1. The van der Waals surface area contributed by atoms with Crippen molar-refractivity contribution in [3.05, 3.63) is 63.6 Å². The summed E-state index contributed by atoms with van der Waals surface area (Å²) in [4.78, 5) is 32.0. The molecule has 0 saturated carbocycles. The molecule has 5 rings (SSSR count). The number of amides is 2. The van der Waals surface area contributed by atoms with Crippen LogP contribution >= 0.6 is 11.3 Å². The molecule has 2 amide bonds. The Morgan fingerprint density at radius 3 is 2.82 bits per heavy atom. The maximum Gasteiger partial charge on any atom is 0.271 e. The molecule has 39 heavy (non-hydrogen) atoms. The van der Waals surface area contributed by atoms with Crippen LogP contribution in [0.25, 0.3) is 0 Å². The van der Waals surface area contributed by atoms with Crippen LogP contribution in [-0.4, -0.2) is 55.3 Å². The third-order valence-corrected chi connectivity index (χ3v) is 7.55. The second-order valence-electron chi connectivity index (χ2n) is 9.45. The van der Waals surface area contributed by atoms with Crippen LogP contribution in [0.1, 0.15) is 45.9 Å². The number of nitrogens with zero attached hydrogens (tertiary/aromatic N) is 2. The first kappa shape index (κ1) is 26.8. The maximum atomic E-state index is 12.9. The van der Waals surface area contributed by atoms with E-state index in [-0.39, 0.29) is 18.6 Å². The van der Waals surface area contributed by atoms with Gasteiger partial charge in [-0.2, -0.15) is 0 Å². The van der Waals surface area contributed by atoms with Gasteiger partial charge < -0.3 is 29.6 Å². The lowest BCUT2D eigenvalue weighted by Gasteiger charge is -2.23. The number of carbonyl (C=O) groups excluding carboxylic acids is 2. The molecular weight excluding hydrogens is 520 g/mol. The highest BCUT2D eigenvalue weighted by Crippen LogP contribution is 2.33. The summed E-state index contributed by atoms with van der Waals surface area (Å²) in [6, 6.07) is 11.1. The molecule has 11 heteroatoms. The Morgan fingerprint density at radius 1 is 1.10 bits per heavy atom. The summed E-state index contributed by atoms with van der Waals surface area (Å²) < 4.78 is 22.0. The lowest BCUT2D eigenvalue weighted by molar-refractivity contribution is -0.122. The highest BCUT2D eigenvalue weighted by Gasteiger charge is 2.24. The molecule has 2 aliphatic heterocycles. The lowest BCUT2D eigenvalue weighted by atomic mass is 10.1. The van der Waals surface area contributed by atoms with Gasteiger partial charge in [0.15, 0.2) is 11.5 Å². The van der Waals surface area contributed by atoms with Crippen molar-refractivity contribution in [2.75, 3.05) is 27.6 Å². The number of fused-ring (bicyclic) bond motifs is 1. The Labute approximate surface area is 231 Å². The Hall–Kier alpha value is -3.83. The molecule has 2 aliphatic rings. The SMILES string of the molecule is COc1ccc(CN(Cc2ccc3c(c2)OCO3)Cc2nc(C(=O)NC3CCCCNC3=O)cs2)c(OC)c1. The zero-order valence-corrected chi connectivity index (χ0v) is 22.8. The number of methoxy groups -OCH3 is 2. The van der Waals surface area contributed by atoms with E-state index in [1.165, 1.54) is 11.3 Å². The largest absolute Gasteiger partial charge is 0.497 e. The number of nitrogens with one attached hydrogen (secondary N) is 2. The Morgan fingerprint density at radius 2 is 1.97 bits per heavy atom. The van der Waals surface area contributed by atoms with Crippen LogP contribution in [0.5, 0.6) is 23.0 Å². The molecule has 3 heterocycles. The summed E-state index contributed by atoms with van der Waals surface area (Å²) in [5, 5.41) is 8.23. The van der Waals surface area contributed by atoms with Crippen LogP contribution in [0.4, 0.5) is 0 Å². The molecule has 2 N–H and O–H groups in total. The van der Waals surface area contributed by atoms with E-state index >= 15 is 0 Å². The molecule has 1 fully saturated rings. The average molecular weight is 553 g/mol. The minimum atomic E-state index is -0.532. The Balaban J connectivity index is 1.33. The third kappa shape index (κ3) is 6.61. The molecule has 1 aromatic heterocycles. The van der Waals surface area contributed by atoms with Gasteiger partial charge in [0.25, 0.3) is 5.91 Å². The van der Waals surface area contributed by atoms with Crippen LogP contribution in [0.3, 0.4) is 0 Å². The Bertz CT molecular complexity index is 1330. The summed E-state index contributed by atoms with van der Waals surface area (Å²) in [7, 11) is 3.26. The smallest absolute Gasteiger partial charge is 0.271 e. The van der Waals surface area contributed by atoms with Gasteiger partial charge in [-0.3, -0.25) is 14.5 Å². The van der Waals surface area contributed by atoms with Gasteiger partial charge in [-0.1, -0.05) is 12.1 Å². The van der Waals surface area contributed by atoms with Crippen molar-refractivity contribution in [1.82, 2.24) is 20.5 Å². The van der Waals surface area contributed by atoms with E-state index in [2.05, 4.69) is 20.5 Å². The van der Waals surface area contributed by atoms with E-state index in [1.54, 1.807) is 19.6 Å². The van der Waals surface area contributed by atoms with E-state index in [1.807, 2.05) is 36.4 Å². The van der Waals surface area contributed by atoms with E-state index in [0.717, 1.165) is 52.0 Å². The van der Waals surface area contributed by atoms with Gasteiger partial charge in [0, 0.05) is 36.6 Å². The molecule has 206 valence electrons. The highest BCUT2D eigenvalue weighted by atomic mass is 32.1. The molecule has 1 atom stereocenters. The van der Waals surface area contributed by atoms with Gasteiger partial charge in [-0.05, 0) is 43.0 Å². The van der Waals surface area contributed by atoms with Crippen molar-refractivity contribution >= 4 is 23.2 Å². The summed E-state index contributed by atoms with van der Waals surface area (Å²) in [6.07, 6.45) is 2.42. The quantitative estimate of drug-likeness (QED) is 0.393. The molecule has 0 bridgehead atoms. The molecule has 1 unspecified atom stereocenters. The van der Waals surface area contributed by atoms with Gasteiger partial charge in [-0.15, -0.1) is 11.3 Å². The first-order valence-corrected chi connectivity index (χ1v) is 13.7. The van der Waals surface area contributed by atoms with E-state index in [0.29, 0.717) is 38.3 Å². The maximum absolute atomic E-state index is 12.9. The number of hydrogen-bond acceptors (Lipinski definition) is 9. The van der Waals surface area contributed by atoms with Crippen molar-refractivity contribution in [2.45, 2.75) is 44.9 Å². The zero-order valence-electron chi connectivity index (χ0n) is 22.0. The number of thiazole rings is 1. The second kappa shape index (κ2) is 12.4. The summed E-state index contributed by atoms with van der Waals surface area (Å²) >= 11 is 1.42. The van der Waals surface area contributed by atoms with Crippen LogP contribution in [0, 0.1) is 0 Å². The fourth-order valence-corrected chi connectivity index (χ4v) is 5.49. The van der Waals surface area contributed by atoms with Gasteiger partial charge in [0.2, 0.25) is 12.7 Å². The normalized spacial score (nSPS) is 16.5. The zero-order chi connectivity index (χ0) is 27.2. The van der Waals surface area contributed by atoms with E-state index in [4.69, 9.17) is 18.9 Å². The molecular formula is C28H32N4O6S. The lowest BCUT2D eigenvalue weighted by Crippen LogP contribution is -2.45. The Kier molecular flexibility index (Phi) is 8.48. The third-order valence-electron chi connectivity index (χ3n) is 6.72. The monoisotopic (exact) mass is 552 g/mol. The van der Waals surface area contributed by atoms with Crippen LogP contribution < -0.4 is 29.6 Å². The number of ether oxygens (including phenoxy) is 4. The molecule has 0 aliphatic carbocycles. The van der Waals surface area contributed by atoms with Gasteiger partial charge in [-0.25, -0.2) is 4.98 Å². The number of hydrogen-bond donors (Lipinski definition) is 2. The number of benzene rings is 2. The van der Waals surface area contributed by atoms with Crippen LogP contribution in [0.15, 0.2) is 41.8 Å². The van der Waals surface area contributed by atoms with Crippen molar-refractivity contribution < 1.29 is 28.5 Å². The number of carbonyl (C=O) groups is 2. The van der Waals surface area contributed by atoms with Crippen molar-refractivity contribution in [2.24, 2.45) is 0 Å². The molecule has 10 nitrogen and oxygen atoms in total. The molecule has 0 spiro atoms. The van der Waals surface area contributed by atoms with Crippen LogP contribution in [-0.2, 0) is 24.4 Å².